The fourth-order valence-corrected chi connectivity index (χ4v) is 4.10. The van der Waals surface area contributed by atoms with E-state index in [0.29, 0.717) is 12.5 Å². The smallest absolute Gasteiger partial charge is 0.351 e. The van der Waals surface area contributed by atoms with Crippen LogP contribution < -0.4 is 5.32 Å². The summed E-state index contributed by atoms with van der Waals surface area (Å²) < 4.78 is 37.6. The van der Waals surface area contributed by atoms with Gasteiger partial charge in [0.05, 0.1) is 5.56 Å². The van der Waals surface area contributed by atoms with Gasteiger partial charge in [0.1, 0.15) is 0 Å². The molecule has 0 radical (unpaired) electrons. The van der Waals surface area contributed by atoms with Gasteiger partial charge in [-0.05, 0) is 67.6 Å². The molecule has 1 aromatic heterocycles. The van der Waals surface area contributed by atoms with Crippen LogP contribution in [-0.2, 0) is 6.18 Å². The third-order valence-electron chi connectivity index (χ3n) is 4.72. The molecule has 0 bridgehead atoms. The largest absolute Gasteiger partial charge is 0.416 e. The summed E-state index contributed by atoms with van der Waals surface area (Å²) in [7, 11) is 0. The van der Waals surface area contributed by atoms with E-state index in [-0.39, 0.29) is 11.5 Å². The molecule has 0 aliphatic carbocycles. The number of nitrogens with zero attached hydrogens (tertiary/aromatic N) is 1. The first kappa shape index (κ1) is 18.9. The number of hydrogen-bond acceptors (Lipinski definition) is 3. The summed E-state index contributed by atoms with van der Waals surface area (Å²) in [6, 6.07) is 8.57. The monoisotopic (exact) mass is 382 g/mol. The summed E-state index contributed by atoms with van der Waals surface area (Å²) in [6.45, 7) is 3.24. The summed E-state index contributed by atoms with van der Waals surface area (Å²) in [5, 5.41) is 4.89. The molecule has 0 saturated carbocycles. The molecular weight excluding hydrogens is 361 g/mol. The topological polar surface area (TPSA) is 32.3 Å². The van der Waals surface area contributed by atoms with Gasteiger partial charge >= 0.3 is 6.18 Å². The summed E-state index contributed by atoms with van der Waals surface area (Å²) in [5.74, 6) is 0.292. The van der Waals surface area contributed by atoms with E-state index in [0.717, 1.165) is 44.6 Å². The van der Waals surface area contributed by atoms with Gasteiger partial charge in [-0.3, -0.25) is 4.79 Å². The Balaban J connectivity index is 1.40. The Kier molecular flexibility index (Phi) is 5.98. The molecule has 3 rings (SSSR count). The van der Waals surface area contributed by atoms with Crippen molar-refractivity contribution in [1.82, 2.24) is 10.2 Å². The maximum atomic E-state index is 12.5. The summed E-state index contributed by atoms with van der Waals surface area (Å²) >= 11 is 1.81. The van der Waals surface area contributed by atoms with E-state index in [1.165, 1.54) is 17.0 Å². The van der Waals surface area contributed by atoms with Gasteiger partial charge in [-0.2, -0.15) is 13.2 Å². The van der Waals surface area contributed by atoms with Crippen molar-refractivity contribution in [3.8, 4) is 0 Å². The molecule has 7 heteroatoms. The molecule has 1 aliphatic rings. The number of benzene rings is 1. The lowest BCUT2D eigenvalue weighted by Gasteiger charge is -2.31. The summed E-state index contributed by atoms with van der Waals surface area (Å²) in [6.07, 6.45) is -2.15. The number of likely N-dealkylation sites (tertiary alicyclic amines) is 1. The number of nitrogens with one attached hydrogen (secondary N) is 1. The zero-order valence-corrected chi connectivity index (χ0v) is 15.1. The number of carbonyl (C=O) groups excluding carboxylic acids is 1. The van der Waals surface area contributed by atoms with Gasteiger partial charge in [-0.25, -0.2) is 0 Å². The molecule has 1 N–H and O–H groups in total. The van der Waals surface area contributed by atoms with E-state index in [2.05, 4.69) is 27.7 Å². The fourth-order valence-electron chi connectivity index (χ4n) is 3.20. The Bertz CT molecular complexity index is 705. The number of piperidine rings is 1. The van der Waals surface area contributed by atoms with Crippen LogP contribution in [-0.4, -0.2) is 37.0 Å². The second-order valence-corrected chi connectivity index (χ2v) is 7.44. The summed E-state index contributed by atoms with van der Waals surface area (Å²) in [5.41, 5.74) is -0.503. The highest BCUT2D eigenvalue weighted by Gasteiger charge is 2.30. The van der Waals surface area contributed by atoms with Crippen LogP contribution in [0.4, 0.5) is 13.2 Å². The van der Waals surface area contributed by atoms with Crippen LogP contribution in [0, 0.1) is 0 Å². The van der Waals surface area contributed by atoms with Crippen LogP contribution in [0.1, 0.15) is 39.6 Å². The lowest BCUT2D eigenvalue weighted by atomic mass is 9.95. The van der Waals surface area contributed by atoms with Gasteiger partial charge in [-0.1, -0.05) is 6.07 Å². The lowest BCUT2D eigenvalue weighted by Crippen LogP contribution is -2.39. The number of hydrogen-bond donors (Lipinski definition) is 1. The first-order valence-electron chi connectivity index (χ1n) is 8.65. The highest BCUT2D eigenvalue weighted by Crippen LogP contribution is 2.31. The van der Waals surface area contributed by atoms with Crippen molar-refractivity contribution in [3.63, 3.8) is 0 Å². The molecule has 3 nitrogen and oxygen atoms in total. The first-order valence-corrected chi connectivity index (χ1v) is 9.52. The van der Waals surface area contributed by atoms with Crippen LogP contribution >= 0.6 is 11.3 Å². The predicted octanol–water partition coefficient (Wildman–Crippen LogP) is 4.38. The van der Waals surface area contributed by atoms with E-state index >= 15 is 0 Å². The van der Waals surface area contributed by atoms with Crippen molar-refractivity contribution >= 4 is 17.2 Å². The minimum absolute atomic E-state index is 0.245. The van der Waals surface area contributed by atoms with Crippen LogP contribution in [0.5, 0.6) is 0 Å². The molecule has 0 spiro atoms. The zero-order valence-electron chi connectivity index (χ0n) is 14.3. The number of thiophene rings is 1. The first-order chi connectivity index (χ1) is 12.4. The molecule has 1 amide bonds. The second-order valence-electron chi connectivity index (χ2n) is 6.46. The maximum absolute atomic E-state index is 12.5. The maximum Gasteiger partial charge on any atom is 0.416 e. The van der Waals surface area contributed by atoms with Crippen molar-refractivity contribution in [2.45, 2.75) is 24.9 Å². The average molecular weight is 382 g/mol. The Morgan fingerprint density at radius 2 is 1.85 bits per heavy atom. The molecule has 0 atom stereocenters. The standard InChI is InChI=1S/C19H21F3N2OS/c20-19(21,22)16-5-3-15(4-6-16)18(25)23-9-12-24-10-7-14(8-11-24)17-2-1-13-26-17/h1-6,13-14H,7-12H2,(H,23,25). The van der Waals surface area contributed by atoms with E-state index in [9.17, 15) is 18.0 Å². The van der Waals surface area contributed by atoms with Crippen molar-refractivity contribution < 1.29 is 18.0 Å². The molecular formula is C19H21F3N2OS. The third-order valence-corrected chi connectivity index (χ3v) is 5.76. The van der Waals surface area contributed by atoms with Crippen molar-refractivity contribution in [3.05, 3.63) is 57.8 Å². The predicted molar refractivity (Wildman–Crippen MR) is 96.5 cm³/mol. The third kappa shape index (κ3) is 4.86. The number of carbonyl (C=O) groups is 1. The van der Waals surface area contributed by atoms with Gasteiger partial charge in [0.15, 0.2) is 0 Å². The quantitative estimate of drug-likeness (QED) is 0.833. The van der Waals surface area contributed by atoms with Gasteiger partial charge in [0.25, 0.3) is 5.91 Å². The Morgan fingerprint density at radius 3 is 2.42 bits per heavy atom. The minimum Gasteiger partial charge on any atom is -0.351 e. The average Bonchev–Trinajstić information content (AvgIpc) is 3.16. The van der Waals surface area contributed by atoms with E-state index < -0.39 is 11.7 Å². The Labute approximate surface area is 154 Å². The molecule has 1 fully saturated rings. The van der Waals surface area contributed by atoms with Crippen molar-refractivity contribution in [2.75, 3.05) is 26.2 Å². The number of alkyl halides is 3. The molecule has 26 heavy (non-hydrogen) atoms. The number of rotatable bonds is 5. The fraction of sp³-hybridized carbons (Fsp3) is 0.421. The minimum atomic E-state index is -4.38. The molecule has 2 heterocycles. The van der Waals surface area contributed by atoms with Gasteiger partial charge in [-0.15, -0.1) is 11.3 Å². The van der Waals surface area contributed by atoms with E-state index in [1.54, 1.807) is 11.3 Å². The van der Waals surface area contributed by atoms with Gasteiger partial charge in [0, 0.05) is 23.5 Å². The molecule has 1 saturated heterocycles. The second kappa shape index (κ2) is 8.22. The molecule has 1 aliphatic heterocycles. The van der Waals surface area contributed by atoms with E-state index in [1.807, 2.05) is 0 Å². The Hall–Kier alpha value is -1.86. The Morgan fingerprint density at radius 1 is 1.15 bits per heavy atom. The molecule has 1 aromatic carbocycles. The van der Waals surface area contributed by atoms with Gasteiger partial charge < -0.3 is 10.2 Å². The highest BCUT2D eigenvalue weighted by molar-refractivity contribution is 7.10. The number of halogens is 3. The number of amides is 1. The van der Waals surface area contributed by atoms with Crippen LogP contribution in [0.25, 0.3) is 0 Å². The van der Waals surface area contributed by atoms with Crippen molar-refractivity contribution in [1.29, 1.82) is 0 Å². The molecule has 140 valence electrons. The lowest BCUT2D eigenvalue weighted by molar-refractivity contribution is -0.137. The van der Waals surface area contributed by atoms with Crippen LogP contribution in [0.2, 0.25) is 0 Å². The normalized spacial score (nSPS) is 16.6. The SMILES string of the molecule is O=C(NCCN1CCC(c2cccs2)CC1)c1ccc(C(F)(F)F)cc1. The molecule has 0 unspecified atom stereocenters. The van der Waals surface area contributed by atoms with Crippen molar-refractivity contribution in [2.24, 2.45) is 0 Å². The van der Waals surface area contributed by atoms with Gasteiger partial charge in [0.2, 0.25) is 0 Å². The summed E-state index contributed by atoms with van der Waals surface area (Å²) in [4.78, 5) is 15.8. The van der Waals surface area contributed by atoms with Crippen LogP contribution in [0.15, 0.2) is 41.8 Å². The van der Waals surface area contributed by atoms with Crippen LogP contribution in [0.3, 0.4) is 0 Å². The van der Waals surface area contributed by atoms with E-state index in [4.69, 9.17) is 0 Å². The highest BCUT2D eigenvalue weighted by atomic mass is 32.1. The zero-order chi connectivity index (χ0) is 18.6. The molecule has 2 aromatic rings.